The average Bonchev–Trinajstić information content (AvgIpc) is 1.88. The lowest BCUT2D eigenvalue weighted by Crippen LogP contribution is -2.10. The molecule has 0 spiro atoms. The average molecular weight is 127 g/mol. The van der Waals surface area contributed by atoms with Crippen LogP contribution in [0, 0.1) is 0 Å². The van der Waals surface area contributed by atoms with Crippen molar-refractivity contribution in [2.24, 2.45) is 10.7 Å². The van der Waals surface area contributed by atoms with Crippen LogP contribution in [0.1, 0.15) is 6.42 Å². The Kier molecular flexibility index (Phi) is 4.82. The summed E-state index contributed by atoms with van der Waals surface area (Å²) in [6.07, 6.45) is 2.50. The van der Waals surface area contributed by atoms with Crippen LogP contribution in [-0.4, -0.2) is 20.3 Å². The summed E-state index contributed by atoms with van der Waals surface area (Å²) in [5.41, 5.74) is 6.31. The fraction of sp³-hybridized carbons (Fsp3) is 0.500. The Morgan fingerprint density at radius 3 is 2.89 bits per heavy atom. The molecule has 0 aliphatic carbocycles. The van der Waals surface area contributed by atoms with Gasteiger partial charge < -0.3 is 11.1 Å². The number of aliphatic imine (C=N–C) groups is 1. The van der Waals surface area contributed by atoms with Crippen molar-refractivity contribution in [3.63, 3.8) is 0 Å². The van der Waals surface area contributed by atoms with Crippen LogP contribution in [0.3, 0.4) is 0 Å². The van der Waals surface area contributed by atoms with Gasteiger partial charge in [-0.1, -0.05) is 0 Å². The Morgan fingerprint density at radius 1 is 1.89 bits per heavy atom. The normalized spacial score (nSPS) is 11.1. The summed E-state index contributed by atoms with van der Waals surface area (Å²) in [6, 6.07) is 0. The van der Waals surface area contributed by atoms with Crippen molar-refractivity contribution >= 4 is 6.72 Å². The van der Waals surface area contributed by atoms with E-state index in [1.807, 2.05) is 7.05 Å². The van der Waals surface area contributed by atoms with E-state index in [2.05, 4.69) is 17.0 Å². The Labute approximate surface area is 55.7 Å². The van der Waals surface area contributed by atoms with Crippen LogP contribution >= 0.6 is 0 Å². The summed E-state index contributed by atoms with van der Waals surface area (Å²) in [5.74, 6) is 0. The van der Waals surface area contributed by atoms with Crippen LogP contribution in [0.4, 0.5) is 0 Å². The molecule has 0 aromatic carbocycles. The lowest BCUT2D eigenvalue weighted by molar-refractivity contribution is 0.840. The summed E-state index contributed by atoms with van der Waals surface area (Å²) in [6.45, 7) is 3.96. The molecule has 0 aliphatic heterocycles. The van der Waals surface area contributed by atoms with E-state index in [0.717, 1.165) is 12.1 Å². The Morgan fingerprint density at radius 2 is 2.56 bits per heavy atom. The molecule has 0 bridgehead atoms. The second kappa shape index (κ2) is 5.31. The third-order valence-electron chi connectivity index (χ3n) is 0.982. The molecule has 0 aromatic heterocycles. The van der Waals surface area contributed by atoms with Crippen LogP contribution < -0.4 is 11.1 Å². The second-order valence-corrected chi connectivity index (χ2v) is 1.63. The minimum Gasteiger partial charge on any atom is -0.390 e. The van der Waals surface area contributed by atoms with Crippen molar-refractivity contribution in [3.8, 4) is 0 Å². The Balaban J connectivity index is 3.66. The molecule has 3 heteroatoms. The molecule has 0 heterocycles. The zero-order chi connectivity index (χ0) is 7.11. The lowest BCUT2D eigenvalue weighted by Gasteiger charge is -2.00. The summed E-state index contributed by atoms with van der Waals surface area (Å²) in [4.78, 5) is 3.60. The fourth-order valence-electron chi connectivity index (χ4n) is 0.520. The largest absolute Gasteiger partial charge is 0.390 e. The van der Waals surface area contributed by atoms with Crippen molar-refractivity contribution in [3.05, 3.63) is 11.9 Å². The SMILES string of the molecule is C=N/C=C(/CCN)NC. The molecule has 0 saturated carbocycles. The molecular weight excluding hydrogens is 114 g/mol. The summed E-state index contributed by atoms with van der Waals surface area (Å²) in [5, 5.41) is 2.95. The Hall–Kier alpha value is -0.830. The maximum atomic E-state index is 5.29. The first kappa shape index (κ1) is 8.17. The van der Waals surface area contributed by atoms with Gasteiger partial charge in [0.25, 0.3) is 0 Å². The quantitative estimate of drug-likeness (QED) is 0.526. The molecule has 3 nitrogen and oxygen atoms in total. The van der Waals surface area contributed by atoms with Gasteiger partial charge >= 0.3 is 0 Å². The highest BCUT2D eigenvalue weighted by atomic mass is 14.9. The highest BCUT2D eigenvalue weighted by Crippen LogP contribution is 1.91. The molecule has 52 valence electrons. The lowest BCUT2D eigenvalue weighted by atomic mass is 10.3. The van der Waals surface area contributed by atoms with E-state index < -0.39 is 0 Å². The minimum atomic E-state index is 0.641. The standard InChI is InChI=1S/C6H13N3/c1-8-5-6(9-2)3-4-7/h5,9H,1,3-4,7H2,2H3/b6-5-. The van der Waals surface area contributed by atoms with Gasteiger partial charge in [-0.3, -0.25) is 4.99 Å². The van der Waals surface area contributed by atoms with Crippen LogP contribution in [0.2, 0.25) is 0 Å². The monoisotopic (exact) mass is 127 g/mol. The zero-order valence-electron chi connectivity index (χ0n) is 5.72. The zero-order valence-corrected chi connectivity index (χ0v) is 5.72. The van der Waals surface area contributed by atoms with Crippen molar-refractivity contribution in [2.75, 3.05) is 13.6 Å². The van der Waals surface area contributed by atoms with E-state index in [4.69, 9.17) is 5.73 Å². The topological polar surface area (TPSA) is 50.4 Å². The van der Waals surface area contributed by atoms with Gasteiger partial charge in [-0.15, -0.1) is 0 Å². The number of nitrogens with one attached hydrogen (secondary N) is 1. The molecule has 0 saturated heterocycles. The van der Waals surface area contributed by atoms with Crippen molar-refractivity contribution in [1.29, 1.82) is 0 Å². The van der Waals surface area contributed by atoms with Crippen molar-refractivity contribution in [2.45, 2.75) is 6.42 Å². The number of hydrogen-bond acceptors (Lipinski definition) is 3. The molecule has 0 radical (unpaired) electrons. The van der Waals surface area contributed by atoms with E-state index in [9.17, 15) is 0 Å². The first-order valence-corrected chi connectivity index (χ1v) is 2.87. The second-order valence-electron chi connectivity index (χ2n) is 1.63. The molecule has 9 heavy (non-hydrogen) atoms. The summed E-state index contributed by atoms with van der Waals surface area (Å²) < 4.78 is 0. The molecule has 0 aromatic rings. The van der Waals surface area contributed by atoms with Crippen LogP contribution in [0.15, 0.2) is 16.9 Å². The molecule has 0 atom stereocenters. The maximum Gasteiger partial charge on any atom is 0.0450 e. The number of nitrogens with zero attached hydrogens (tertiary/aromatic N) is 1. The first-order chi connectivity index (χ1) is 4.35. The molecule has 3 N–H and O–H groups in total. The van der Waals surface area contributed by atoms with Crippen LogP contribution in [0.5, 0.6) is 0 Å². The van der Waals surface area contributed by atoms with Crippen molar-refractivity contribution in [1.82, 2.24) is 5.32 Å². The Bertz CT molecular complexity index is 107. The van der Waals surface area contributed by atoms with E-state index in [-0.39, 0.29) is 0 Å². The van der Waals surface area contributed by atoms with Gasteiger partial charge in [-0.25, -0.2) is 0 Å². The van der Waals surface area contributed by atoms with Gasteiger partial charge in [0.15, 0.2) is 0 Å². The van der Waals surface area contributed by atoms with E-state index in [0.29, 0.717) is 6.54 Å². The van der Waals surface area contributed by atoms with E-state index in [1.165, 1.54) is 0 Å². The molecule has 0 fully saturated rings. The number of nitrogens with two attached hydrogens (primary N) is 1. The van der Waals surface area contributed by atoms with Gasteiger partial charge in [-0.2, -0.15) is 0 Å². The van der Waals surface area contributed by atoms with Gasteiger partial charge in [0.05, 0.1) is 0 Å². The molecule has 0 rings (SSSR count). The molecular formula is C6H13N3. The van der Waals surface area contributed by atoms with Crippen LogP contribution in [-0.2, 0) is 0 Å². The smallest absolute Gasteiger partial charge is 0.0450 e. The number of rotatable bonds is 4. The highest BCUT2D eigenvalue weighted by Gasteiger charge is 1.87. The minimum absolute atomic E-state index is 0.641. The number of hydrogen-bond donors (Lipinski definition) is 2. The van der Waals surface area contributed by atoms with Gasteiger partial charge in [0, 0.05) is 25.4 Å². The highest BCUT2D eigenvalue weighted by molar-refractivity contribution is 5.26. The first-order valence-electron chi connectivity index (χ1n) is 2.87. The molecule has 0 aliphatic rings. The predicted molar refractivity (Wildman–Crippen MR) is 40.4 cm³/mol. The third kappa shape index (κ3) is 3.73. The summed E-state index contributed by atoms with van der Waals surface area (Å²) >= 11 is 0. The molecule has 0 unspecified atom stereocenters. The summed E-state index contributed by atoms with van der Waals surface area (Å²) in [7, 11) is 1.84. The van der Waals surface area contributed by atoms with Gasteiger partial charge in [0.1, 0.15) is 0 Å². The third-order valence-corrected chi connectivity index (χ3v) is 0.982. The van der Waals surface area contributed by atoms with E-state index in [1.54, 1.807) is 6.20 Å². The van der Waals surface area contributed by atoms with Crippen LogP contribution in [0.25, 0.3) is 0 Å². The molecule has 0 amide bonds. The van der Waals surface area contributed by atoms with Gasteiger partial charge in [-0.05, 0) is 13.3 Å². The van der Waals surface area contributed by atoms with Gasteiger partial charge in [0.2, 0.25) is 0 Å². The predicted octanol–water partition coefficient (Wildman–Crippen LogP) is 0.0966. The maximum absolute atomic E-state index is 5.29. The fourth-order valence-corrected chi connectivity index (χ4v) is 0.520. The van der Waals surface area contributed by atoms with Crippen molar-refractivity contribution < 1.29 is 0 Å². The van der Waals surface area contributed by atoms with E-state index >= 15 is 0 Å².